The van der Waals surface area contributed by atoms with Crippen LogP contribution >= 0.6 is 11.6 Å². The molecule has 0 radical (unpaired) electrons. The summed E-state index contributed by atoms with van der Waals surface area (Å²) in [6.07, 6.45) is 1.58. The molecule has 0 saturated carbocycles. The highest BCUT2D eigenvalue weighted by molar-refractivity contribution is 6.51. The molecule has 2 heterocycles. The van der Waals surface area contributed by atoms with Crippen LogP contribution in [0.15, 0.2) is 66.4 Å². The van der Waals surface area contributed by atoms with Crippen molar-refractivity contribution in [2.45, 2.75) is 19.9 Å². The van der Waals surface area contributed by atoms with Gasteiger partial charge < -0.3 is 9.84 Å². The summed E-state index contributed by atoms with van der Waals surface area (Å²) < 4.78 is 5.39. The molecule has 6 nitrogen and oxygen atoms in total. The first-order valence-electron chi connectivity index (χ1n) is 9.96. The fraction of sp³-hybridized carbons (Fsp3) is 0.160. The predicted octanol–water partition coefficient (Wildman–Crippen LogP) is 4.99. The van der Waals surface area contributed by atoms with Crippen LogP contribution in [-0.4, -0.2) is 28.9 Å². The molecule has 1 aliphatic heterocycles. The first-order chi connectivity index (χ1) is 15.3. The Kier molecular flexibility index (Phi) is 5.72. The number of anilines is 1. The molecule has 0 aliphatic carbocycles. The van der Waals surface area contributed by atoms with Gasteiger partial charge in [0.1, 0.15) is 17.6 Å². The number of Topliss-reactive ketones (excluding diaryl/α,β-unsaturated/α-hetero) is 1. The number of ketones is 1. The molecule has 0 bridgehead atoms. The summed E-state index contributed by atoms with van der Waals surface area (Å²) in [4.78, 5) is 32.2. The molecule has 1 amide bonds. The summed E-state index contributed by atoms with van der Waals surface area (Å²) in [5.41, 5.74) is 2.83. The van der Waals surface area contributed by atoms with Gasteiger partial charge in [-0.2, -0.15) is 0 Å². The second-order valence-corrected chi connectivity index (χ2v) is 7.99. The lowest BCUT2D eigenvalue weighted by atomic mass is 9.96. The molecule has 1 atom stereocenters. The lowest BCUT2D eigenvalue weighted by Crippen LogP contribution is -2.30. The number of carbonyl (C=O) groups excluding carboxylic acids is 2. The number of methoxy groups -OCH3 is 1. The van der Waals surface area contributed by atoms with Crippen LogP contribution in [0.1, 0.15) is 28.4 Å². The van der Waals surface area contributed by atoms with Gasteiger partial charge in [0.05, 0.1) is 23.9 Å². The molecule has 162 valence electrons. The van der Waals surface area contributed by atoms with E-state index in [1.807, 2.05) is 13.0 Å². The number of ether oxygens (including phenoxy) is 1. The number of benzene rings is 2. The number of hydrogen-bond acceptors (Lipinski definition) is 5. The van der Waals surface area contributed by atoms with Crippen LogP contribution in [0.4, 0.5) is 5.69 Å². The summed E-state index contributed by atoms with van der Waals surface area (Å²) >= 11 is 6.10. The van der Waals surface area contributed by atoms with Crippen molar-refractivity contribution in [2.24, 2.45) is 0 Å². The van der Waals surface area contributed by atoms with Crippen molar-refractivity contribution in [3.63, 3.8) is 0 Å². The maximum atomic E-state index is 13.2. The Morgan fingerprint density at radius 1 is 1.09 bits per heavy atom. The molecular weight excluding hydrogens is 428 g/mol. The summed E-state index contributed by atoms with van der Waals surface area (Å²) in [6, 6.07) is 14.6. The van der Waals surface area contributed by atoms with Gasteiger partial charge in [-0.15, -0.1) is 0 Å². The van der Waals surface area contributed by atoms with E-state index in [9.17, 15) is 14.7 Å². The van der Waals surface area contributed by atoms with Crippen molar-refractivity contribution in [1.29, 1.82) is 0 Å². The average molecular weight is 449 g/mol. The minimum Gasteiger partial charge on any atom is -0.507 e. The maximum absolute atomic E-state index is 13.2. The van der Waals surface area contributed by atoms with E-state index in [0.717, 1.165) is 5.56 Å². The third-order valence-electron chi connectivity index (χ3n) is 5.44. The van der Waals surface area contributed by atoms with Gasteiger partial charge in [0.2, 0.25) is 0 Å². The van der Waals surface area contributed by atoms with Gasteiger partial charge in [0.15, 0.2) is 0 Å². The molecule has 32 heavy (non-hydrogen) atoms. The topological polar surface area (TPSA) is 79.7 Å². The van der Waals surface area contributed by atoms with Crippen molar-refractivity contribution in [3.8, 4) is 5.75 Å². The van der Waals surface area contributed by atoms with Crippen LogP contribution in [0, 0.1) is 13.8 Å². The van der Waals surface area contributed by atoms with Gasteiger partial charge in [0.25, 0.3) is 11.7 Å². The highest BCUT2D eigenvalue weighted by atomic mass is 35.5. The highest BCUT2D eigenvalue weighted by Crippen LogP contribution is 2.43. The first kappa shape index (κ1) is 21.6. The number of nitrogens with zero attached hydrogens (tertiary/aromatic N) is 2. The fourth-order valence-electron chi connectivity index (χ4n) is 3.94. The second-order valence-electron chi connectivity index (χ2n) is 7.56. The number of rotatable bonds is 4. The van der Waals surface area contributed by atoms with Crippen LogP contribution in [-0.2, 0) is 9.59 Å². The molecule has 1 fully saturated rings. The second kappa shape index (κ2) is 8.48. The van der Waals surface area contributed by atoms with Crippen LogP contribution < -0.4 is 9.64 Å². The van der Waals surface area contributed by atoms with Gasteiger partial charge in [-0.3, -0.25) is 19.5 Å². The number of aliphatic hydroxyl groups is 1. The zero-order valence-corrected chi connectivity index (χ0v) is 18.6. The van der Waals surface area contributed by atoms with Crippen molar-refractivity contribution in [2.75, 3.05) is 12.0 Å². The van der Waals surface area contributed by atoms with E-state index in [1.54, 1.807) is 61.7 Å². The molecule has 1 aromatic heterocycles. The third kappa shape index (κ3) is 3.63. The molecule has 3 aromatic rings. The fourth-order valence-corrected chi connectivity index (χ4v) is 4.17. The van der Waals surface area contributed by atoms with Gasteiger partial charge in [-0.25, -0.2) is 0 Å². The van der Waals surface area contributed by atoms with Crippen LogP contribution in [0.5, 0.6) is 5.75 Å². The number of carbonyl (C=O) groups is 2. The molecule has 1 unspecified atom stereocenters. The number of aryl methyl sites for hydroxylation is 2. The Hall–Kier alpha value is -3.64. The summed E-state index contributed by atoms with van der Waals surface area (Å²) in [5.74, 6) is -1.47. The summed E-state index contributed by atoms with van der Waals surface area (Å²) in [5, 5.41) is 11.8. The quantitative estimate of drug-likeness (QED) is 0.345. The Morgan fingerprint density at radius 2 is 1.88 bits per heavy atom. The average Bonchev–Trinajstić information content (AvgIpc) is 3.04. The zero-order valence-electron chi connectivity index (χ0n) is 17.8. The molecule has 1 saturated heterocycles. The van der Waals surface area contributed by atoms with Crippen molar-refractivity contribution in [1.82, 2.24) is 4.98 Å². The van der Waals surface area contributed by atoms with Gasteiger partial charge in [-0.05, 0) is 61.9 Å². The lowest BCUT2D eigenvalue weighted by molar-refractivity contribution is -0.132. The van der Waals surface area contributed by atoms with E-state index in [-0.39, 0.29) is 11.3 Å². The van der Waals surface area contributed by atoms with E-state index in [4.69, 9.17) is 16.3 Å². The highest BCUT2D eigenvalue weighted by Gasteiger charge is 2.48. The van der Waals surface area contributed by atoms with Crippen LogP contribution in [0.3, 0.4) is 0 Å². The van der Waals surface area contributed by atoms with Gasteiger partial charge >= 0.3 is 0 Å². The van der Waals surface area contributed by atoms with E-state index in [0.29, 0.717) is 33.3 Å². The van der Waals surface area contributed by atoms with Crippen molar-refractivity contribution >= 4 is 34.7 Å². The Morgan fingerprint density at radius 3 is 2.53 bits per heavy atom. The van der Waals surface area contributed by atoms with Gasteiger partial charge in [0, 0.05) is 16.9 Å². The molecule has 4 rings (SSSR count). The summed E-state index contributed by atoms with van der Waals surface area (Å²) in [6.45, 7) is 3.67. The lowest BCUT2D eigenvalue weighted by Gasteiger charge is -2.26. The van der Waals surface area contributed by atoms with Gasteiger partial charge in [-0.1, -0.05) is 29.3 Å². The Labute approximate surface area is 190 Å². The normalized spacial score (nSPS) is 17.6. The number of halogens is 1. The molecule has 1 aliphatic rings. The largest absolute Gasteiger partial charge is 0.507 e. The van der Waals surface area contributed by atoms with E-state index in [2.05, 4.69) is 4.98 Å². The van der Waals surface area contributed by atoms with Crippen LogP contribution in [0.2, 0.25) is 5.02 Å². The first-order valence-corrected chi connectivity index (χ1v) is 10.3. The summed E-state index contributed by atoms with van der Waals surface area (Å²) in [7, 11) is 1.48. The number of pyridine rings is 1. The molecular formula is C25H21ClN2O4. The minimum absolute atomic E-state index is 0.0491. The Balaban J connectivity index is 2.00. The van der Waals surface area contributed by atoms with Crippen molar-refractivity contribution < 1.29 is 19.4 Å². The standard InChI is InChI=1S/C25H21ClN2O4/c1-14-7-10-20(32-3)17(12-14)23(29)21-22(18-6-4-5-11-27-18)28(25(31)24(21)30)19-9-8-16(26)13-15(19)2/h4-13,22,29H,1-3H3/b23-21+. The predicted molar refractivity (Wildman–Crippen MR) is 123 cm³/mol. The molecule has 2 aromatic carbocycles. The molecule has 0 spiro atoms. The number of aliphatic hydroxyl groups excluding tert-OH is 1. The Bertz CT molecular complexity index is 1250. The third-order valence-corrected chi connectivity index (χ3v) is 5.68. The number of amides is 1. The van der Waals surface area contributed by atoms with E-state index >= 15 is 0 Å². The monoisotopic (exact) mass is 448 g/mol. The molecule has 1 N–H and O–H groups in total. The van der Waals surface area contributed by atoms with E-state index in [1.165, 1.54) is 12.0 Å². The van der Waals surface area contributed by atoms with E-state index < -0.39 is 17.7 Å². The van der Waals surface area contributed by atoms with Crippen molar-refractivity contribution in [3.05, 3.63) is 93.8 Å². The SMILES string of the molecule is COc1ccc(C)cc1/C(O)=C1\C(=O)C(=O)N(c2ccc(Cl)cc2C)C1c1ccccn1. The number of aromatic nitrogens is 1. The minimum atomic E-state index is -0.915. The van der Waals surface area contributed by atoms with Crippen LogP contribution in [0.25, 0.3) is 5.76 Å². The molecule has 7 heteroatoms. The smallest absolute Gasteiger partial charge is 0.300 e. The zero-order chi connectivity index (χ0) is 23.0. The maximum Gasteiger partial charge on any atom is 0.300 e. The number of hydrogen-bond donors (Lipinski definition) is 1.